The molecule has 0 spiro atoms. The zero-order valence-electron chi connectivity index (χ0n) is 11.6. The van der Waals surface area contributed by atoms with Gasteiger partial charge < -0.3 is 10.4 Å². The number of hydrogen-bond donors (Lipinski definition) is 2. The maximum absolute atomic E-state index is 10.8. The Morgan fingerprint density at radius 1 is 1.28 bits per heavy atom. The molecule has 0 aromatic heterocycles. The maximum Gasteiger partial charge on any atom is 0.0900 e. The summed E-state index contributed by atoms with van der Waals surface area (Å²) in [5.74, 6) is 0. The van der Waals surface area contributed by atoms with Crippen molar-refractivity contribution in [2.75, 3.05) is 6.54 Å². The molecule has 0 atom stereocenters. The zero-order chi connectivity index (χ0) is 13.0. The first kappa shape index (κ1) is 13.6. The second-order valence-corrected chi connectivity index (χ2v) is 5.57. The predicted molar refractivity (Wildman–Crippen MR) is 75.6 cm³/mol. The summed E-state index contributed by atoms with van der Waals surface area (Å²) in [6, 6.07) is 8.83. The summed E-state index contributed by atoms with van der Waals surface area (Å²) in [6.07, 6.45) is 5.08. The summed E-state index contributed by atoms with van der Waals surface area (Å²) >= 11 is 0. The highest BCUT2D eigenvalue weighted by molar-refractivity contribution is 5.31. The van der Waals surface area contributed by atoms with E-state index >= 15 is 0 Å². The van der Waals surface area contributed by atoms with Gasteiger partial charge >= 0.3 is 0 Å². The fourth-order valence-electron chi connectivity index (χ4n) is 3.01. The van der Waals surface area contributed by atoms with Crippen LogP contribution in [0.1, 0.15) is 50.2 Å². The van der Waals surface area contributed by atoms with Gasteiger partial charge in [-0.2, -0.15) is 0 Å². The molecule has 1 fully saturated rings. The monoisotopic (exact) mass is 247 g/mol. The molecule has 1 aliphatic rings. The number of nitrogens with one attached hydrogen (secondary N) is 1. The molecule has 1 saturated carbocycles. The molecule has 100 valence electrons. The number of aliphatic hydroxyl groups is 1. The van der Waals surface area contributed by atoms with Gasteiger partial charge in [0.25, 0.3) is 0 Å². The Morgan fingerprint density at radius 2 is 1.94 bits per heavy atom. The molecular weight excluding hydrogens is 222 g/mol. The third-order valence-electron chi connectivity index (χ3n) is 4.14. The molecule has 0 radical (unpaired) electrons. The van der Waals surface area contributed by atoms with Crippen molar-refractivity contribution in [1.82, 2.24) is 5.32 Å². The van der Waals surface area contributed by atoms with E-state index in [2.05, 4.69) is 31.3 Å². The van der Waals surface area contributed by atoms with Crippen LogP contribution in [0.4, 0.5) is 0 Å². The highest BCUT2D eigenvalue weighted by atomic mass is 16.3. The van der Waals surface area contributed by atoms with Crippen molar-refractivity contribution in [3.05, 3.63) is 35.4 Å². The minimum Gasteiger partial charge on any atom is -0.385 e. The lowest BCUT2D eigenvalue weighted by atomic mass is 9.76. The first-order chi connectivity index (χ1) is 8.65. The Balaban J connectivity index is 2.01. The molecule has 0 aliphatic heterocycles. The van der Waals surface area contributed by atoms with Crippen molar-refractivity contribution in [1.29, 1.82) is 0 Å². The Morgan fingerprint density at radius 3 is 2.56 bits per heavy atom. The fourth-order valence-corrected chi connectivity index (χ4v) is 3.01. The van der Waals surface area contributed by atoms with Crippen LogP contribution in [-0.4, -0.2) is 17.7 Å². The van der Waals surface area contributed by atoms with E-state index in [-0.39, 0.29) is 0 Å². The lowest BCUT2D eigenvalue weighted by Gasteiger charge is -2.37. The summed E-state index contributed by atoms with van der Waals surface area (Å²) in [5, 5.41) is 14.4. The lowest BCUT2D eigenvalue weighted by Crippen LogP contribution is -2.40. The molecule has 1 aliphatic carbocycles. The average Bonchev–Trinajstić information content (AvgIpc) is 2.39. The molecule has 1 aromatic carbocycles. The molecular formula is C16H25NO. The summed E-state index contributed by atoms with van der Waals surface area (Å²) in [5.41, 5.74) is 1.73. The molecule has 2 nitrogen and oxygen atoms in total. The summed E-state index contributed by atoms with van der Waals surface area (Å²) in [7, 11) is 0. The van der Waals surface area contributed by atoms with Gasteiger partial charge in [-0.05, 0) is 56.7 Å². The van der Waals surface area contributed by atoms with E-state index in [1.807, 2.05) is 12.1 Å². The SMILES string of the molecule is CCCNC1CCC(O)(c2ccccc2C)CC1. The molecule has 0 unspecified atom stereocenters. The normalized spacial score (nSPS) is 28.3. The topological polar surface area (TPSA) is 32.3 Å². The molecule has 0 heterocycles. The Kier molecular flexibility index (Phi) is 4.41. The van der Waals surface area contributed by atoms with E-state index in [1.54, 1.807) is 0 Å². The van der Waals surface area contributed by atoms with Crippen LogP contribution in [0.2, 0.25) is 0 Å². The summed E-state index contributed by atoms with van der Waals surface area (Å²) < 4.78 is 0. The van der Waals surface area contributed by atoms with Crippen LogP contribution in [0.3, 0.4) is 0 Å². The molecule has 2 N–H and O–H groups in total. The van der Waals surface area contributed by atoms with Gasteiger partial charge in [-0.15, -0.1) is 0 Å². The molecule has 2 heteroatoms. The van der Waals surface area contributed by atoms with Gasteiger partial charge in [-0.1, -0.05) is 31.2 Å². The standard InChI is InChI=1S/C16H25NO/c1-3-12-17-14-8-10-16(18,11-9-14)15-7-5-4-6-13(15)2/h4-7,14,17-18H,3,8-12H2,1-2H3. The minimum atomic E-state index is -0.601. The first-order valence-corrected chi connectivity index (χ1v) is 7.17. The van der Waals surface area contributed by atoms with Crippen molar-refractivity contribution in [3.63, 3.8) is 0 Å². The maximum atomic E-state index is 10.8. The highest BCUT2D eigenvalue weighted by Gasteiger charge is 2.35. The van der Waals surface area contributed by atoms with Gasteiger partial charge in [0.2, 0.25) is 0 Å². The number of rotatable bonds is 4. The second kappa shape index (κ2) is 5.85. The van der Waals surface area contributed by atoms with E-state index in [1.165, 1.54) is 12.0 Å². The van der Waals surface area contributed by atoms with E-state index < -0.39 is 5.60 Å². The third kappa shape index (κ3) is 2.93. The van der Waals surface area contributed by atoms with E-state index in [4.69, 9.17) is 0 Å². The molecule has 2 rings (SSSR count). The van der Waals surface area contributed by atoms with E-state index in [0.29, 0.717) is 6.04 Å². The van der Waals surface area contributed by atoms with Crippen LogP contribution in [-0.2, 0) is 5.60 Å². The van der Waals surface area contributed by atoms with Crippen molar-refractivity contribution in [2.24, 2.45) is 0 Å². The highest BCUT2D eigenvalue weighted by Crippen LogP contribution is 2.38. The van der Waals surface area contributed by atoms with Crippen LogP contribution in [0, 0.1) is 6.92 Å². The Bertz CT molecular complexity index is 380. The van der Waals surface area contributed by atoms with Crippen molar-refractivity contribution >= 4 is 0 Å². The molecule has 0 saturated heterocycles. The van der Waals surface area contributed by atoms with E-state index in [9.17, 15) is 5.11 Å². The predicted octanol–water partition coefficient (Wildman–Crippen LogP) is 3.12. The second-order valence-electron chi connectivity index (χ2n) is 5.57. The first-order valence-electron chi connectivity index (χ1n) is 7.17. The molecule has 0 amide bonds. The smallest absolute Gasteiger partial charge is 0.0900 e. The molecule has 1 aromatic rings. The zero-order valence-corrected chi connectivity index (χ0v) is 11.6. The van der Waals surface area contributed by atoms with Gasteiger partial charge in [-0.25, -0.2) is 0 Å². The summed E-state index contributed by atoms with van der Waals surface area (Å²) in [6.45, 7) is 5.38. The van der Waals surface area contributed by atoms with Crippen LogP contribution in [0.15, 0.2) is 24.3 Å². The van der Waals surface area contributed by atoms with Crippen LogP contribution in [0.5, 0.6) is 0 Å². The number of aryl methyl sites for hydroxylation is 1. The van der Waals surface area contributed by atoms with Gasteiger partial charge in [0.15, 0.2) is 0 Å². The number of hydrogen-bond acceptors (Lipinski definition) is 2. The minimum absolute atomic E-state index is 0.592. The Labute approximate surface area is 110 Å². The van der Waals surface area contributed by atoms with Crippen molar-refractivity contribution in [2.45, 2.75) is 57.6 Å². The number of benzene rings is 1. The van der Waals surface area contributed by atoms with E-state index in [0.717, 1.165) is 37.8 Å². The largest absolute Gasteiger partial charge is 0.385 e. The summed E-state index contributed by atoms with van der Waals surface area (Å²) in [4.78, 5) is 0. The van der Waals surface area contributed by atoms with Crippen LogP contribution >= 0.6 is 0 Å². The van der Waals surface area contributed by atoms with Crippen molar-refractivity contribution < 1.29 is 5.11 Å². The quantitative estimate of drug-likeness (QED) is 0.857. The molecule has 18 heavy (non-hydrogen) atoms. The lowest BCUT2D eigenvalue weighted by molar-refractivity contribution is -0.00878. The van der Waals surface area contributed by atoms with Gasteiger partial charge in [0, 0.05) is 6.04 Å². The van der Waals surface area contributed by atoms with Crippen LogP contribution < -0.4 is 5.32 Å². The van der Waals surface area contributed by atoms with Gasteiger partial charge in [0.05, 0.1) is 5.60 Å². The fraction of sp³-hybridized carbons (Fsp3) is 0.625. The van der Waals surface area contributed by atoms with Gasteiger partial charge in [0.1, 0.15) is 0 Å². The Hall–Kier alpha value is -0.860. The average molecular weight is 247 g/mol. The van der Waals surface area contributed by atoms with Crippen molar-refractivity contribution in [3.8, 4) is 0 Å². The van der Waals surface area contributed by atoms with Gasteiger partial charge in [-0.3, -0.25) is 0 Å². The third-order valence-corrected chi connectivity index (χ3v) is 4.14. The van der Waals surface area contributed by atoms with Crippen LogP contribution in [0.25, 0.3) is 0 Å². The molecule has 0 bridgehead atoms.